The van der Waals surface area contributed by atoms with E-state index in [4.69, 9.17) is 4.42 Å². The van der Waals surface area contributed by atoms with Crippen LogP contribution < -0.4 is 5.63 Å². The van der Waals surface area contributed by atoms with Gasteiger partial charge in [-0.1, -0.05) is 25.8 Å². The average molecular weight is 318 g/mol. The van der Waals surface area contributed by atoms with Gasteiger partial charge in [-0.2, -0.15) is 0 Å². The first-order valence-electron chi connectivity index (χ1n) is 8.13. The fraction of sp³-hybridized carbons (Fsp3) is 0.500. The van der Waals surface area contributed by atoms with Crippen molar-refractivity contribution in [2.75, 3.05) is 0 Å². The minimum atomic E-state index is -0.364. The summed E-state index contributed by atoms with van der Waals surface area (Å²) in [5.41, 5.74) is 0.950. The van der Waals surface area contributed by atoms with Crippen molar-refractivity contribution in [1.82, 2.24) is 0 Å². The lowest BCUT2D eigenvalue weighted by atomic mass is 9.90. The molecule has 1 unspecified atom stereocenters. The van der Waals surface area contributed by atoms with Crippen molar-refractivity contribution in [3.05, 3.63) is 49.7 Å². The molecule has 0 amide bonds. The number of thiophene rings is 1. The zero-order valence-electron chi connectivity index (χ0n) is 12.9. The van der Waals surface area contributed by atoms with Crippen molar-refractivity contribution in [3.8, 4) is 5.75 Å². The number of hydrogen-bond donors (Lipinski definition) is 1. The molecule has 0 fully saturated rings. The van der Waals surface area contributed by atoms with E-state index in [1.165, 1.54) is 12.8 Å². The number of aromatic hydroxyl groups is 1. The molecule has 2 heterocycles. The number of rotatable bonds is 3. The molecule has 0 saturated carbocycles. The van der Waals surface area contributed by atoms with Crippen molar-refractivity contribution in [1.29, 1.82) is 0 Å². The maximum absolute atomic E-state index is 12.5. The Kier molecular flexibility index (Phi) is 4.67. The molecule has 0 aliphatic heterocycles. The van der Waals surface area contributed by atoms with Gasteiger partial charge in [0.05, 0.1) is 5.56 Å². The fourth-order valence-electron chi connectivity index (χ4n) is 3.36. The Morgan fingerprint density at radius 2 is 2.05 bits per heavy atom. The topological polar surface area (TPSA) is 50.4 Å². The van der Waals surface area contributed by atoms with E-state index in [1.807, 2.05) is 24.4 Å². The van der Waals surface area contributed by atoms with Gasteiger partial charge in [-0.15, -0.1) is 11.3 Å². The third-order valence-electron chi connectivity index (χ3n) is 4.54. The normalized spacial score (nSPS) is 16.6. The molecule has 2 aromatic heterocycles. The summed E-state index contributed by atoms with van der Waals surface area (Å²) in [5.74, 6) is 0.812. The minimum absolute atomic E-state index is 0.0769. The number of fused-ring (bicyclic) bond motifs is 1. The van der Waals surface area contributed by atoms with Gasteiger partial charge in [-0.25, -0.2) is 4.79 Å². The van der Waals surface area contributed by atoms with Crippen LogP contribution in [-0.2, 0) is 12.8 Å². The van der Waals surface area contributed by atoms with Crippen molar-refractivity contribution in [2.45, 2.75) is 57.8 Å². The highest BCUT2D eigenvalue weighted by molar-refractivity contribution is 7.10. The Hall–Kier alpha value is -1.55. The molecule has 4 heteroatoms. The van der Waals surface area contributed by atoms with Crippen molar-refractivity contribution in [2.24, 2.45) is 0 Å². The minimum Gasteiger partial charge on any atom is -0.507 e. The predicted molar refractivity (Wildman–Crippen MR) is 89.0 cm³/mol. The third kappa shape index (κ3) is 2.84. The third-order valence-corrected chi connectivity index (χ3v) is 5.52. The van der Waals surface area contributed by atoms with Crippen LogP contribution in [0.1, 0.15) is 66.7 Å². The Morgan fingerprint density at radius 3 is 2.73 bits per heavy atom. The molecule has 118 valence electrons. The standard InChI is InChI=1S/C18H22O3S/c1-2-12(15-10-7-11-22-15)16-17(19)13-8-5-3-4-6-9-14(13)21-18(16)20/h7,10-12,19H,2-6,8-9H2,1H3. The van der Waals surface area contributed by atoms with E-state index in [0.717, 1.165) is 42.5 Å². The highest BCUT2D eigenvalue weighted by atomic mass is 32.1. The van der Waals surface area contributed by atoms with Gasteiger partial charge in [0.15, 0.2) is 0 Å². The van der Waals surface area contributed by atoms with Crippen LogP contribution in [0.15, 0.2) is 26.7 Å². The van der Waals surface area contributed by atoms with Gasteiger partial charge in [0.25, 0.3) is 0 Å². The summed E-state index contributed by atoms with van der Waals surface area (Å²) in [6, 6.07) is 4.00. The number of aryl methyl sites for hydroxylation is 1. The molecule has 1 atom stereocenters. The van der Waals surface area contributed by atoms with E-state index in [0.29, 0.717) is 11.3 Å². The molecule has 1 aliphatic rings. The molecule has 0 spiro atoms. The SMILES string of the molecule is CCC(c1cccs1)c1c(O)c2c(oc1=O)CCCCCC2. The summed E-state index contributed by atoms with van der Waals surface area (Å²) in [4.78, 5) is 13.6. The van der Waals surface area contributed by atoms with Crippen molar-refractivity contribution >= 4 is 11.3 Å². The van der Waals surface area contributed by atoms with Gasteiger partial charge in [0, 0.05) is 22.8 Å². The lowest BCUT2D eigenvalue weighted by Crippen LogP contribution is -2.17. The molecule has 1 N–H and O–H groups in total. The second kappa shape index (κ2) is 6.69. The fourth-order valence-corrected chi connectivity index (χ4v) is 4.28. The predicted octanol–water partition coefficient (Wildman–Crippen LogP) is 4.61. The summed E-state index contributed by atoms with van der Waals surface area (Å²) in [6.07, 6.45) is 6.75. The van der Waals surface area contributed by atoms with Crippen molar-refractivity contribution < 1.29 is 9.52 Å². The summed E-state index contributed by atoms with van der Waals surface area (Å²) in [7, 11) is 0. The van der Waals surface area contributed by atoms with Crippen LogP contribution in [0.2, 0.25) is 0 Å². The van der Waals surface area contributed by atoms with E-state index >= 15 is 0 Å². The Bertz CT molecular complexity index is 685. The van der Waals surface area contributed by atoms with Gasteiger partial charge < -0.3 is 9.52 Å². The first-order chi connectivity index (χ1) is 10.7. The van der Waals surface area contributed by atoms with Crippen LogP contribution in [0.3, 0.4) is 0 Å². The molecular weight excluding hydrogens is 296 g/mol. The first-order valence-corrected chi connectivity index (χ1v) is 9.01. The molecule has 2 aromatic rings. The largest absolute Gasteiger partial charge is 0.507 e. The molecule has 0 bridgehead atoms. The first kappa shape index (κ1) is 15.3. The summed E-state index contributed by atoms with van der Waals surface area (Å²) in [5, 5.41) is 12.8. The van der Waals surface area contributed by atoms with Crippen LogP contribution in [0.5, 0.6) is 5.75 Å². The van der Waals surface area contributed by atoms with Crippen LogP contribution in [-0.4, -0.2) is 5.11 Å². The second-order valence-electron chi connectivity index (χ2n) is 5.94. The number of hydrogen-bond acceptors (Lipinski definition) is 4. The smallest absolute Gasteiger partial charge is 0.343 e. The second-order valence-corrected chi connectivity index (χ2v) is 6.92. The van der Waals surface area contributed by atoms with Gasteiger partial charge in [-0.05, 0) is 37.1 Å². The zero-order valence-corrected chi connectivity index (χ0v) is 13.7. The Morgan fingerprint density at radius 1 is 1.27 bits per heavy atom. The van der Waals surface area contributed by atoms with Crippen LogP contribution in [0, 0.1) is 0 Å². The molecule has 0 saturated heterocycles. The summed E-state index contributed by atoms with van der Waals surface area (Å²) < 4.78 is 5.62. The Balaban J connectivity index is 2.11. The lowest BCUT2D eigenvalue weighted by Gasteiger charge is -2.19. The van der Waals surface area contributed by atoms with E-state index in [-0.39, 0.29) is 17.3 Å². The van der Waals surface area contributed by atoms with Crippen LogP contribution >= 0.6 is 11.3 Å². The maximum Gasteiger partial charge on any atom is 0.343 e. The molecular formula is C18H22O3S. The summed E-state index contributed by atoms with van der Waals surface area (Å²) >= 11 is 1.62. The molecule has 22 heavy (non-hydrogen) atoms. The van der Waals surface area contributed by atoms with E-state index in [2.05, 4.69) is 0 Å². The van der Waals surface area contributed by atoms with Crippen LogP contribution in [0.4, 0.5) is 0 Å². The quantitative estimate of drug-likeness (QED) is 0.899. The highest BCUT2D eigenvalue weighted by Gasteiger charge is 2.26. The van der Waals surface area contributed by atoms with Gasteiger partial charge >= 0.3 is 5.63 Å². The average Bonchev–Trinajstić information content (AvgIpc) is 2.99. The lowest BCUT2D eigenvalue weighted by molar-refractivity contribution is 0.384. The van der Waals surface area contributed by atoms with Crippen LogP contribution in [0.25, 0.3) is 0 Å². The van der Waals surface area contributed by atoms with E-state index < -0.39 is 0 Å². The molecule has 3 nitrogen and oxygen atoms in total. The molecule has 0 aromatic carbocycles. The van der Waals surface area contributed by atoms with Gasteiger partial charge in [0.1, 0.15) is 11.5 Å². The maximum atomic E-state index is 12.5. The highest BCUT2D eigenvalue weighted by Crippen LogP contribution is 2.37. The monoisotopic (exact) mass is 318 g/mol. The van der Waals surface area contributed by atoms with E-state index in [9.17, 15) is 9.90 Å². The van der Waals surface area contributed by atoms with Gasteiger partial charge in [-0.3, -0.25) is 0 Å². The van der Waals surface area contributed by atoms with E-state index in [1.54, 1.807) is 11.3 Å². The summed E-state index contributed by atoms with van der Waals surface area (Å²) in [6.45, 7) is 2.04. The zero-order chi connectivity index (χ0) is 15.5. The molecule has 1 aliphatic carbocycles. The Labute approximate surface area is 134 Å². The van der Waals surface area contributed by atoms with Gasteiger partial charge in [0.2, 0.25) is 0 Å². The molecule has 0 radical (unpaired) electrons. The van der Waals surface area contributed by atoms with Crippen molar-refractivity contribution in [3.63, 3.8) is 0 Å². The molecule has 3 rings (SSSR count).